The quantitative estimate of drug-likeness (QED) is 0.235. The summed E-state index contributed by atoms with van der Waals surface area (Å²) in [4.78, 5) is 0.198. The van der Waals surface area contributed by atoms with Crippen LogP contribution in [0.5, 0.6) is 23.1 Å². The molecule has 1 aromatic heterocycles. The van der Waals surface area contributed by atoms with Gasteiger partial charge in [-0.05, 0) is 80.9 Å². The summed E-state index contributed by atoms with van der Waals surface area (Å²) < 4.78 is 47.8. The van der Waals surface area contributed by atoms with Crippen molar-refractivity contribution in [2.24, 2.45) is 0 Å². The van der Waals surface area contributed by atoms with Crippen molar-refractivity contribution in [2.75, 3.05) is 14.2 Å². The van der Waals surface area contributed by atoms with E-state index in [4.69, 9.17) is 19.3 Å². The lowest BCUT2D eigenvalue weighted by Gasteiger charge is -2.28. The van der Waals surface area contributed by atoms with Gasteiger partial charge in [0, 0.05) is 12.6 Å². The van der Waals surface area contributed by atoms with Crippen LogP contribution in [0.3, 0.4) is 0 Å². The molecule has 1 heterocycles. The molecule has 4 rings (SSSR count). The number of sulfonamides is 1. The van der Waals surface area contributed by atoms with Gasteiger partial charge in [0.2, 0.25) is 15.9 Å². The highest BCUT2D eigenvalue weighted by atomic mass is 32.2. The zero-order chi connectivity index (χ0) is 27.3. The van der Waals surface area contributed by atoms with E-state index < -0.39 is 10.0 Å². The van der Waals surface area contributed by atoms with Gasteiger partial charge in [0.1, 0.15) is 17.2 Å². The molecule has 38 heavy (non-hydrogen) atoms. The van der Waals surface area contributed by atoms with E-state index in [0.717, 1.165) is 5.69 Å². The second-order valence-electron chi connectivity index (χ2n) is 8.88. The van der Waals surface area contributed by atoms with Crippen molar-refractivity contribution in [3.8, 4) is 28.8 Å². The summed E-state index contributed by atoms with van der Waals surface area (Å²) in [5.41, 5.74) is 2.16. The molecule has 0 bridgehead atoms. The van der Waals surface area contributed by atoms with Crippen molar-refractivity contribution < 1.29 is 22.6 Å². The van der Waals surface area contributed by atoms with Crippen molar-refractivity contribution in [1.82, 2.24) is 14.1 Å². The second kappa shape index (κ2) is 11.7. The Morgan fingerprint density at radius 2 is 1.42 bits per heavy atom. The molecule has 0 aliphatic heterocycles. The van der Waals surface area contributed by atoms with Crippen LogP contribution in [-0.4, -0.2) is 42.8 Å². The third-order valence-electron chi connectivity index (χ3n) is 6.47. The van der Waals surface area contributed by atoms with Gasteiger partial charge in [-0.25, -0.2) is 13.1 Å². The monoisotopic (exact) mass is 535 g/mol. The second-order valence-corrected chi connectivity index (χ2v) is 10.8. The number of aryl methyl sites for hydroxylation is 1. The molecule has 4 aromatic rings. The normalized spacial score (nSPS) is 12.4. The number of ether oxygens (including phenoxy) is 3. The molecule has 0 amide bonds. The Hall–Kier alpha value is -3.82. The molecular weight excluding hydrogens is 502 g/mol. The molecule has 3 aromatic carbocycles. The molecule has 200 valence electrons. The molecule has 0 saturated carbocycles. The highest BCUT2D eigenvalue weighted by molar-refractivity contribution is 7.89. The van der Waals surface area contributed by atoms with Crippen LogP contribution in [0.15, 0.2) is 83.8 Å². The van der Waals surface area contributed by atoms with Crippen LogP contribution in [0.25, 0.3) is 5.69 Å². The Morgan fingerprint density at radius 3 is 1.97 bits per heavy atom. The fourth-order valence-corrected chi connectivity index (χ4v) is 5.72. The van der Waals surface area contributed by atoms with Gasteiger partial charge >= 0.3 is 0 Å². The van der Waals surface area contributed by atoms with Crippen molar-refractivity contribution in [1.29, 1.82) is 0 Å². The van der Waals surface area contributed by atoms with Crippen LogP contribution >= 0.6 is 0 Å². The number of nitrogens with zero attached hydrogens (tertiary/aromatic N) is 3. The first-order valence-corrected chi connectivity index (χ1v) is 13.8. The molecule has 0 spiro atoms. The lowest BCUT2D eigenvalue weighted by Crippen LogP contribution is -2.38. The van der Waals surface area contributed by atoms with E-state index in [0.29, 0.717) is 40.8 Å². The molecule has 9 heteroatoms. The van der Waals surface area contributed by atoms with Crippen molar-refractivity contribution in [3.05, 3.63) is 90.1 Å². The summed E-state index contributed by atoms with van der Waals surface area (Å²) in [6, 6.07) is 23.0. The van der Waals surface area contributed by atoms with E-state index >= 15 is 0 Å². The Labute approximate surface area is 224 Å². The predicted octanol–water partition coefficient (Wildman–Crippen LogP) is 5.98. The lowest BCUT2D eigenvalue weighted by molar-refractivity contribution is 0.317. The first-order chi connectivity index (χ1) is 18.3. The van der Waals surface area contributed by atoms with Crippen LogP contribution < -0.4 is 14.2 Å². The van der Waals surface area contributed by atoms with E-state index in [1.165, 1.54) is 4.31 Å². The molecule has 0 fully saturated rings. The maximum Gasteiger partial charge on any atom is 0.243 e. The average Bonchev–Trinajstić information content (AvgIpc) is 3.26. The summed E-state index contributed by atoms with van der Waals surface area (Å²) in [5.74, 6) is 2.34. The summed E-state index contributed by atoms with van der Waals surface area (Å²) in [5, 5.41) is 4.76. The van der Waals surface area contributed by atoms with Gasteiger partial charge in [-0.15, -0.1) is 0 Å². The zero-order valence-electron chi connectivity index (χ0n) is 22.3. The number of hydrogen-bond acceptors (Lipinski definition) is 6. The Balaban J connectivity index is 1.80. The van der Waals surface area contributed by atoms with Gasteiger partial charge in [-0.3, -0.25) is 0 Å². The minimum atomic E-state index is -3.84. The molecule has 8 nitrogen and oxygen atoms in total. The van der Waals surface area contributed by atoms with Gasteiger partial charge in [-0.2, -0.15) is 9.40 Å². The van der Waals surface area contributed by atoms with Crippen molar-refractivity contribution >= 4 is 10.0 Å². The van der Waals surface area contributed by atoms with Crippen molar-refractivity contribution in [3.63, 3.8) is 0 Å². The number of hydrogen-bond donors (Lipinski definition) is 0. The smallest absolute Gasteiger partial charge is 0.243 e. The van der Waals surface area contributed by atoms with Gasteiger partial charge in [0.15, 0.2) is 0 Å². The Kier molecular flexibility index (Phi) is 8.38. The summed E-state index contributed by atoms with van der Waals surface area (Å²) >= 11 is 0. The van der Waals surface area contributed by atoms with E-state index in [9.17, 15) is 8.42 Å². The summed E-state index contributed by atoms with van der Waals surface area (Å²) in [6.07, 6.45) is 0.635. The van der Waals surface area contributed by atoms with Gasteiger partial charge < -0.3 is 14.2 Å². The number of aromatic nitrogens is 2. The number of para-hydroxylation sites is 1. The Morgan fingerprint density at radius 1 is 0.868 bits per heavy atom. The van der Waals surface area contributed by atoms with Gasteiger partial charge in [0.25, 0.3) is 0 Å². The fraction of sp³-hybridized carbons (Fsp3) is 0.276. The first-order valence-electron chi connectivity index (χ1n) is 12.4. The van der Waals surface area contributed by atoms with E-state index in [1.807, 2.05) is 63.2 Å². The number of benzene rings is 3. The van der Waals surface area contributed by atoms with E-state index in [1.54, 1.807) is 55.3 Å². The molecule has 0 aliphatic rings. The Bertz CT molecular complexity index is 1450. The van der Waals surface area contributed by atoms with Crippen LogP contribution in [-0.2, 0) is 16.6 Å². The van der Waals surface area contributed by atoms with Crippen LogP contribution in [0.4, 0.5) is 0 Å². The maximum atomic E-state index is 13.9. The molecule has 1 atom stereocenters. The zero-order valence-corrected chi connectivity index (χ0v) is 23.1. The highest BCUT2D eigenvalue weighted by Crippen LogP contribution is 2.34. The predicted molar refractivity (Wildman–Crippen MR) is 147 cm³/mol. The minimum Gasteiger partial charge on any atom is -0.497 e. The molecule has 0 aliphatic carbocycles. The van der Waals surface area contributed by atoms with Crippen LogP contribution in [0, 0.1) is 6.92 Å². The topological polar surface area (TPSA) is 82.9 Å². The maximum absolute atomic E-state index is 13.9. The third-order valence-corrected chi connectivity index (χ3v) is 8.45. The first kappa shape index (κ1) is 27.2. The van der Waals surface area contributed by atoms with Crippen molar-refractivity contribution in [2.45, 2.75) is 44.7 Å². The molecule has 0 saturated heterocycles. The highest BCUT2D eigenvalue weighted by Gasteiger charge is 2.32. The van der Waals surface area contributed by atoms with E-state index in [2.05, 4.69) is 0 Å². The van der Waals surface area contributed by atoms with E-state index in [-0.39, 0.29) is 17.5 Å². The number of methoxy groups -OCH3 is 2. The van der Waals surface area contributed by atoms with Gasteiger partial charge in [0.05, 0.1) is 36.1 Å². The third kappa shape index (κ3) is 5.69. The minimum absolute atomic E-state index is 0.0908. The molecule has 0 N–H and O–H groups in total. The largest absolute Gasteiger partial charge is 0.497 e. The lowest BCUT2D eigenvalue weighted by atomic mass is 10.2. The van der Waals surface area contributed by atoms with Crippen LogP contribution in [0.1, 0.15) is 31.5 Å². The fourth-order valence-electron chi connectivity index (χ4n) is 4.05. The van der Waals surface area contributed by atoms with Gasteiger partial charge in [-0.1, -0.05) is 25.1 Å². The number of rotatable bonds is 11. The van der Waals surface area contributed by atoms with Crippen LogP contribution in [0.2, 0.25) is 0 Å². The standard InChI is InChI=1S/C29H33N3O5S/c1-6-21(2)31(38(33,34)27-18-16-25(36-5)17-19-27)20-28-22(3)30-32(23-10-8-7-9-11-23)29(28)37-26-14-12-24(35-4)13-15-26/h7-19,21H,6,20H2,1-5H3/t21-/m0/s1. The molecule has 0 unspecified atom stereocenters. The SMILES string of the molecule is CC[C@H](C)N(Cc1c(C)nn(-c2ccccc2)c1Oc1ccc(OC)cc1)S(=O)(=O)c1ccc(OC)cc1. The summed E-state index contributed by atoms with van der Waals surface area (Å²) in [6.45, 7) is 5.83. The molecule has 0 radical (unpaired) electrons. The summed E-state index contributed by atoms with van der Waals surface area (Å²) in [7, 11) is -0.684. The molecular formula is C29H33N3O5S. The average molecular weight is 536 g/mol.